The zero-order valence-corrected chi connectivity index (χ0v) is 10.3. The lowest BCUT2D eigenvalue weighted by atomic mass is 10.2. The maximum atomic E-state index is 11.0. The molecule has 0 spiro atoms. The highest BCUT2D eigenvalue weighted by Gasteiger charge is 2.20. The summed E-state index contributed by atoms with van der Waals surface area (Å²) in [6.07, 6.45) is 1.41. The van der Waals surface area contributed by atoms with Gasteiger partial charge >= 0.3 is 0 Å². The van der Waals surface area contributed by atoms with Crippen molar-refractivity contribution in [3.63, 3.8) is 0 Å². The molecular formula is C10H21N5O2. The zero-order chi connectivity index (χ0) is 12.7. The zero-order valence-electron chi connectivity index (χ0n) is 10.3. The monoisotopic (exact) mass is 243 g/mol. The Labute approximate surface area is 101 Å². The largest absolute Gasteiger partial charge is 0.383 e. The van der Waals surface area contributed by atoms with Gasteiger partial charge in [0.2, 0.25) is 11.9 Å². The Morgan fingerprint density at radius 3 is 3.06 bits per heavy atom. The minimum absolute atomic E-state index is 0.0909. The van der Waals surface area contributed by atoms with E-state index in [0.29, 0.717) is 25.5 Å². The van der Waals surface area contributed by atoms with Crippen LogP contribution in [-0.2, 0) is 9.53 Å². The van der Waals surface area contributed by atoms with Crippen LogP contribution in [0.25, 0.3) is 0 Å². The molecule has 0 aromatic heterocycles. The number of carbonyl (C=O) groups is 1. The van der Waals surface area contributed by atoms with Crippen molar-refractivity contribution in [2.24, 2.45) is 10.8 Å². The number of hydrogen-bond donors (Lipinski definition) is 4. The molecule has 0 aliphatic carbocycles. The molecule has 0 bridgehead atoms. The summed E-state index contributed by atoms with van der Waals surface area (Å²) in [7, 11) is 1.64. The molecule has 17 heavy (non-hydrogen) atoms. The van der Waals surface area contributed by atoms with Gasteiger partial charge < -0.3 is 15.4 Å². The fourth-order valence-corrected chi connectivity index (χ4v) is 1.67. The normalized spacial score (nSPS) is 22.2. The van der Waals surface area contributed by atoms with E-state index in [1.165, 1.54) is 0 Å². The van der Waals surface area contributed by atoms with Crippen molar-refractivity contribution in [2.75, 3.05) is 20.3 Å². The summed E-state index contributed by atoms with van der Waals surface area (Å²) < 4.78 is 5.00. The molecule has 2 unspecified atom stereocenters. The number of carbonyl (C=O) groups excluding carboxylic acids is 1. The van der Waals surface area contributed by atoms with Crippen molar-refractivity contribution in [1.29, 1.82) is 0 Å². The molecule has 2 atom stereocenters. The molecule has 1 aliphatic rings. The molecule has 7 nitrogen and oxygen atoms in total. The fourth-order valence-electron chi connectivity index (χ4n) is 1.67. The quantitative estimate of drug-likeness (QED) is 0.208. The topological polar surface area (TPSA) is 101 Å². The first-order chi connectivity index (χ1) is 8.15. The predicted molar refractivity (Wildman–Crippen MR) is 65.3 cm³/mol. The Morgan fingerprint density at radius 2 is 2.53 bits per heavy atom. The van der Waals surface area contributed by atoms with Gasteiger partial charge in [0.25, 0.3) is 0 Å². The molecule has 1 saturated heterocycles. The highest BCUT2D eigenvalue weighted by molar-refractivity contribution is 5.80. The predicted octanol–water partition coefficient (Wildman–Crippen LogP) is -1.29. The molecule has 98 valence electrons. The lowest BCUT2D eigenvalue weighted by Crippen LogP contribution is -2.47. The number of hydrogen-bond acceptors (Lipinski definition) is 4. The summed E-state index contributed by atoms with van der Waals surface area (Å²) in [5.41, 5.74) is 2.50. The maximum Gasteiger partial charge on any atom is 0.220 e. The molecule has 1 heterocycles. The van der Waals surface area contributed by atoms with Gasteiger partial charge in [-0.05, 0) is 13.3 Å². The second-order valence-corrected chi connectivity index (χ2v) is 4.14. The molecule has 1 amide bonds. The number of rotatable bonds is 5. The van der Waals surface area contributed by atoms with Gasteiger partial charge in [0, 0.05) is 25.6 Å². The fraction of sp³-hybridized carbons (Fsp3) is 0.800. The Morgan fingerprint density at radius 1 is 1.76 bits per heavy atom. The highest BCUT2D eigenvalue weighted by Crippen LogP contribution is 2.06. The van der Waals surface area contributed by atoms with Crippen molar-refractivity contribution in [2.45, 2.75) is 31.8 Å². The number of ether oxygens (including phenoxy) is 1. The van der Waals surface area contributed by atoms with E-state index in [1.807, 2.05) is 6.92 Å². The Bertz CT molecular complexity index is 282. The van der Waals surface area contributed by atoms with Crippen LogP contribution in [0.3, 0.4) is 0 Å². The Kier molecular flexibility index (Phi) is 5.71. The average molecular weight is 243 g/mol. The summed E-state index contributed by atoms with van der Waals surface area (Å²) >= 11 is 0. The van der Waals surface area contributed by atoms with Crippen LogP contribution in [0.2, 0.25) is 0 Å². The van der Waals surface area contributed by atoms with Gasteiger partial charge in [-0.25, -0.2) is 5.84 Å². The molecule has 7 heteroatoms. The summed E-state index contributed by atoms with van der Waals surface area (Å²) in [6, 6.07) is 0.235. The summed E-state index contributed by atoms with van der Waals surface area (Å²) in [5, 5.41) is 5.92. The van der Waals surface area contributed by atoms with Crippen LogP contribution in [0.15, 0.2) is 4.99 Å². The van der Waals surface area contributed by atoms with Crippen molar-refractivity contribution in [3.05, 3.63) is 0 Å². The van der Waals surface area contributed by atoms with Gasteiger partial charge in [-0.1, -0.05) is 0 Å². The van der Waals surface area contributed by atoms with Gasteiger partial charge in [0.15, 0.2) is 0 Å². The van der Waals surface area contributed by atoms with Crippen molar-refractivity contribution in [3.8, 4) is 0 Å². The Hall–Kier alpha value is -1.34. The van der Waals surface area contributed by atoms with Gasteiger partial charge in [0.05, 0.1) is 13.2 Å². The van der Waals surface area contributed by atoms with Crippen molar-refractivity contribution in [1.82, 2.24) is 16.1 Å². The van der Waals surface area contributed by atoms with Gasteiger partial charge in [-0.3, -0.25) is 15.2 Å². The third kappa shape index (κ3) is 5.01. The molecule has 1 fully saturated rings. The van der Waals surface area contributed by atoms with Gasteiger partial charge in [-0.15, -0.1) is 0 Å². The lowest BCUT2D eigenvalue weighted by Gasteiger charge is -2.16. The second-order valence-electron chi connectivity index (χ2n) is 4.14. The van der Waals surface area contributed by atoms with E-state index in [9.17, 15) is 4.79 Å². The molecular weight excluding hydrogens is 222 g/mol. The SMILES string of the molecule is COCC(C)NC(=NCC1CCC(=O)N1)NN. The van der Waals surface area contributed by atoms with E-state index in [-0.39, 0.29) is 18.0 Å². The van der Waals surface area contributed by atoms with Gasteiger partial charge in [0.1, 0.15) is 0 Å². The van der Waals surface area contributed by atoms with E-state index >= 15 is 0 Å². The number of nitrogens with two attached hydrogens (primary N) is 1. The average Bonchev–Trinajstić information content (AvgIpc) is 2.70. The molecule has 1 aliphatic heterocycles. The molecule has 1 rings (SSSR count). The first-order valence-electron chi connectivity index (χ1n) is 5.71. The number of nitrogens with one attached hydrogen (secondary N) is 3. The highest BCUT2D eigenvalue weighted by atomic mass is 16.5. The van der Waals surface area contributed by atoms with E-state index in [4.69, 9.17) is 10.6 Å². The van der Waals surface area contributed by atoms with Crippen molar-refractivity contribution >= 4 is 11.9 Å². The second kappa shape index (κ2) is 7.08. The third-order valence-electron chi connectivity index (χ3n) is 2.49. The van der Waals surface area contributed by atoms with Crippen LogP contribution in [0.1, 0.15) is 19.8 Å². The van der Waals surface area contributed by atoms with Crippen LogP contribution >= 0.6 is 0 Å². The number of nitrogens with zero attached hydrogens (tertiary/aromatic N) is 1. The van der Waals surface area contributed by atoms with Crippen LogP contribution in [0.4, 0.5) is 0 Å². The lowest BCUT2D eigenvalue weighted by molar-refractivity contribution is -0.119. The standard InChI is InChI=1S/C10H21N5O2/c1-7(6-17-2)13-10(15-11)12-5-8-3-4-9(16)14-8/h7-8H,3-6,11H2,1-2H3,(H,14,16)(H2,12,13,15). The number of amides is 1. The first-order valence-corrected chi connectivity index (χ1v) is 5.71. The van der Waals surface area contributed by atoms with Crippen LogP contribution in [0, 0.1) is 0 Å². The van der Waals surface area contributed by atoms with E-state index < -0.39 is 0 Å². The van der Waals surface area contributed by atoms with E-state index in [2.05, 4.69) is 21.1 Å². The molecule has 0 aromatic rings. The van der Waals surface area contributed by atoms with Crippen molar-refractivity contribution < 1.29 is 9.53 Å². The summed E-state index contributed by atoms with van der Waals surface area (Å²) in [4.78, 5) is 15.3. The number of aliphatic imine (C=N–C) groups is 1. The van der Waals surface area contributed by atoms with Crippen LogP contribution < -0.4 is 21.9 Å². The minimum Gasteiger partial charge on any atom is -0.383 e. The molecule has 5 N–H and O–H groups in total. The Balaban J connectivity index is 2.35. The minimum atomic E-state index is 0.0909. The van der Waals surface area contributed by atoms with Gasteiger partial charge in [-0.2, -0.15) is 0 Å². The third-order valence-corrected chi connectivity index (χ3v) is 2.49. The number of guanidine groups is 1. The molecule has 0 radical (unpaired) electrons. The van der Waals surface area contributed by atoms with Crippen LogP contribution in [-0.4, -0.2) is 44.2 Å². The van der Waals surface area contributed by atoms with E-state index in [0.717, 1.165) is 6.42 Å². The molecule has 0 aromatic carbocycles. The number of hydrazine groups is 1. The number of methoxy groups -OCH3 is 1. The van der Waals surface area contributed by atoms with Crippen LogP contribution in [0.5, 0.6) is 0 Å². The smallest absolute Gasteiger partial charge is 0.220 e. The molecule has 0 saturated carbocycles. The first kappa shape index (κ1) is 13.7. The van der Waals surface area contributed by atoms with E-state index in [1.54, 1.807) is 7.11 Å². The summed E-state index contributed by atoms with van der Waals surface area (Å²) in [5.74, 6) is 5.96. The maximum absolute atomic E-state index is 11.0. The summed E-state index contributed by atoms with van der Waals surface area (Å²) in [6.45, 7) is 3.06.